The highest BCUT2D eigenvalue weighted by Crippen LogP contribution is 2.28. The zero-order valence-corrected chi connectivity index (χ0v) is 13.1. The summed E-state index contributed by atoms with van der Waals surface area (Å²) in [5.41, 5.74) is 1.24. The summed E-state index contributed by atoms with van der Waals surface area (Å²) in [5, 5.41) is 2.89. The molecule has 1 aromatic heterocycles. The Morgan fingerprint density at radius 2 is 2.18 bits per heavy atom. The summed E-state index contributed by atoms with van der Waals surface area (Å²) in [7, 11) is 1.55. The second-order valence-electron chi connectivity index (χ2n) is 4.77. The van der Waals surface area contributed by atoms with Crippen LogP contribution in [0.1, 0.15) is 6.92 Å². The number of para-hydroxylation sites is 2. The number of halogens is 2. The minimum atomic E-state index is -2.59. The van der Waals surface area contributed by atoms with E-state index in [9.17, 15) is 13.6 Å². The predicted molar refractivity (Wildman–Crippen MR) is 81.1 cm³/mol. The molecule has 5 nitrogen and oxygen atoms in total. The van der Waals surface area contributed by atoms with Crippen molar-refractivity contribution in [2.75, 3.05) is 13.7 Å². The number of ether oxygens (including phenoxy) is 1. The summed E-state index contributed by atoms with van der Waals surface area (Å²) in [6.07, 6.45) is 0. The third-order valence-corrected chi connectivity index (χ3v) is 3.64. The number of amides is 1. The lowest BCUT2D eigenvalue weighted by molar-refractivity contribution is -0.122. The van der Waals surface area contributed by atoms with Crippen LogP contribution in [0.4, 0.5) is 8.78 Å². The molecular weight excluding hydrogens is 312 g/mol. The molecule has 2 rings (SSSR count). The number of methoxy groups -OCH3 is 1. The molecule has 0 aliphatic heterocycles. The number of hydrogen-bond donors (Lipinski definition) is 1. The van der Waals surface area contributed by atoms with Gasteiger partial charge in [0.1, 0.15) is 6.54 Å². The maximum atomic E-state index is 12.7. The van der Waals surface area contributed by atoms with E-state index in [0.717, 1.165) is 0 Å². The fourth-order valence-corrected chi connectivity index (χ4v) is 2.73. The zero-order chi connectivity index (χ0) is 16.1. The molecule has 1 aromatic carbocycles. The highest BCUT2D eigenvalue weighted by molar-refractivity contribution is 7.99. The zero-order valence-electron chi connectivity index (χ0n) is 12.3. The molecule has 1 heterocycles. The molecule has 1 amide bonds. The van der Waals surface area contributed by atoms with Crippen molar-refractivity contribution in [3.05, 3.63) is 24.3 Å². The van der Waals surface area contributed by atoms with E-state index in [4.69, 9.17) is 4.74 Å². The Balaban J connectivity index is 2.22. The first-order valence-corrected chi connectivity index (χ1v) is 7.57. The summed E-state index contributed by atoms with van der Waals surface area (Å²) < 4.78 is 31.8. The molecule has 0 radical (unpaired) electrons. The fraction of sp³-hybridized carbons (Fsp3) is 0.429. The molecule has 0 spiro atoms. The van der Waals surface area contributed by atoms with Crippen LogP contribution in [0.15, 0.2) is 29.4 Å². The Hall–Kier alpha value is -1.67. The molecule has 22 heavy (non-hydrogen) atoms. The number of hydrogen-bond acceptors (Lipinski definition) is 4. The van der Waals surface area contributed by atoms with Crippen LogP contribution in [0.5, 0.6) is 0 Å². The minimum Gasteiger partial charge on any atom is -0.383 e. The van der Waals surface area contributed by atoms with E-state index in [1.54, 1.807) is 31.4 Å². The first-order valence-electron chi connectivity index (χ1n) is 6.69. The Morgan fingerprint density at radius 3 is 2.86 bits per heavy atom. The van der Waals surface area contributed by atoms with Gasteiger partial charge in [0.05, 0.1) is 17.6 Å². The first-order chi connectivity index (χ1) is 10.5. The third kappa shape index (κ3) is 4.17. The number of aromatic nitrogens is 2. The average molecular weight is 329 g/mol. The number of carbonyl (C=O) groups is 1. The van der Waals surface area contributed by atoms with Crippen LogP contribution < -0.4 is 5.32 Å². The smallest absolute Gasteiger partial charge is 0.291 e. The molecule has 0 unspecified atom stereocenters. The van der Waals surface area contributed by atoms with E-state index in [1.165, 1.54) is 4.57 Å². The van der Waals surface area contributed by atoms with Gasteiger partial charge in [-0.15, -0.1) is 0 Å². The SMILES string of the molecule is COC[C@H](C)NC(=O)Cn1c(SC(F)F)nc2ccccc21. The lowest BCUT2D eigenvalue weighted by atomic mass is 10.3. The third-order valence-electron chi connectivity index (χ3n) is 2.94. The van der Waals surface area contributed by atoms with Crippen molar-refractivity contribution in [2.45, 2.75) is 30.4 Å². The number of nitrogens with one attached hydrogen (secondary N) is 1. The van der Waals surface area contributed by atoms with Gasteiger partial charge in [0.15, 0.2) is 5.16 Å². The van der Waals surface area contributed by atoms with Gasteiger partial charge < -0.3 is 14.6 Å². The van der Waals surface area contributed by atoms with E-state index in [0.29, 0.717) is 29.4 Å². The van der Waals surface area contributed by atoms with Crippen molar-refractivity contribution >= 4 is 28.7 Å². The standard InChI is InChI=1S/C14H17F2N3O2S/c1-9(8-21-2)17-12(20)7-19-11-6-4-3-5-10(11)18-14(19)22-13(15)16/h3-6,9,13H,7-8H2,1-2H3,(H,17,20)/t9-/m0/s1. The summed E-state index contributed by atoms with van der Waals surface area (Å²) in [6, 6.07) is 6.88. The van der Waals surface area contributed by atoms with Crippen molar-refractivity contribution < 1.29 is 18.3 Å². The quantitative estimate of drug-likeness (QED) is 0.793. The van der Waals surface area contributed by atoms with Gasteiger partial charge in [-0.2, -0.15) is 8.78 Å². The second kappa shape index (κ2) is 7.55. The highest BCUT2D eigenvalue weighted by Gasteiger charge is 2.18. The average Bonchev–Trinajstić information content (AvgIpc) is 2.76. The number of imidazole rings is 1. The number of alkyl halides is 2. The minimum absolute atomic E-state index is 0.0659. The van der Waals surface area contributed by atoms with Crippen molar-refractivity contribution in [3.8, 4) is 0 Å². The van der Waals surface area contributed by atoms with Crippen LogP contribution in [0.3, 0.4) is 0 Å². The van der Waals surface area contributed by atoms with Gasteiger partial charge in [-0.1, -0.05) is 12.1 Å². The summed E-state index contributed by atoms with van der Waals surface area (Å²) in [4.78, 5) is 16.2. The molecule has 120 valence electrons. The van der Waals surface area contributed by atoms with Crippen molar-refractivity contribution in [1.29, 1.82) is 0 Å². The lowest BCUT2D eigenvalue weighted by Gasteiger charge is -2.14. The van der Waals surface area contributed by atoms with Gasteiger partial charge in [-0.3, -0.25) is 4.79 Å². The van der Waals surface area contributed by atoms with Gasteiger partial charge >= 0.3 is 0 Å². The van der Waals surface area contributed by atoms with Crippen molar-refractivity contribution in [3.63, 3.8) is 0 Å². The highest BCUT2D eigenvalue weighted by atomic mass is 32.2. The van der Waals surface area contributed by atoms with Gasteiger partial charge in [0, 0.05) is 13.2 Å². The number of thioether (sulfide) groups is 1. The number of benzene rings is 1. The van der Waals surface area contributed by atoms with Gasteiger partial charge in [0.25, 0.3) is 5.76 Å². The first kappa shape index (κ1) is 16.7. The Bertz CT molecular complexity index is 648. The Kier molecular flexibility index (Phi) is 5.73. The second-order valence-corrected chi connectivity index (χ2v) is 5.73. The lowest BCUT2D eigenvalue weighted by Crippen LogP contribution is -2.37. The normalized spacial score (nSPS) is 12.8. The molecule has 0 aliphatic rings. The van der Waals surface area contributed by atoms with Crippen LogP contribution >= 0.6 is 11.8 Å². The molecule has 0 aliphatic carbocycles. The van der Waals surface area contributed by atoms with E-state index >= 15 is 0 Å². The summed E-state index contributed by atoms with van der Waals surface area (Å²) >= 11 is 0.336. The topological polar surface area (TPSA) is 56.1 Å². The Morgan fingerprint density at radius 1 is 1.45 bits per heavy atom. The molecule has 0 bridgehead atoms. The van der Waals surface area contributed by atoms with Crippen LogP contribution in [0.25, 0.3) is 11.0 Å². The maximum absolute atomic E-state index is 12.7. The molecule has 8 heteroatoms. The molecule has 0 saturated carbocycles. The summed E-state index contributed by atoms with van der Waals surface area (Å²) in [6.45, 7) is 2.13. The van der Waals surface area contributed by atoms with Gasteiger partial charge in [0.2, 0.25) is 5.91 Å². The van der Waals surface area contributed by atoms with Crippen molar-refractivity contribution in [2.24, 2.45) is 0 Å². The number of carbonyl (C=O) groups excluding carboxylic acids is 1. The molecular formula is C14H17F2N3O2S. The number of fused-ring (bicyclic) bond motifs is 1. The monoisotopic (exact) mass is 329 g/mol. The van der Waals surface area contributed by atoms with E-state index in [1.807, 2.05) is 6.92 Å². The fourth-order valence-electron chi connectivity index (χ4n) is 2.13. The van der Waals surface area contributed by atoms with Crippen LogP contribution in [-0.2, 0) is 16.1 Å². The maximum Gasteiger partial charge on any atom is 0.291 e. The Labute approximate surface area is 131 Å². The molecule has 0 saturated heterocycles. The van der Waals surface area contributed by atoms with E-state index in [2.05, 4.69) is 10.3 Å². The summed E-state index contributed by atoms with van der Waals surface area (Å²) in [5.74, 6) is -2.87. The van der Waals surface area contributed by atoms with Crippen LogP contribution in [-0.4, -0.2) is 41.0 Å². The largest absolute Gasteiger partial charge is 0.383 e. The van der Waals surface area contributed by atoms with E-state index < -0.39 is 5.76 Å². The van der Waals surface area contributed by atoms with E-state index in [-0.39, 0.29) is 23.7 Å². The molecule has 0 fully saturated rings. The molecule has 2 aromatic rings. The van der Waals surface area contributed by atoms with Crippen LogP contribution in [0, 0.1) is 0 Å². The van der Waals surface area contributed by atoms with Gasteiger partial charge in [-0.25, -0.2) is 4.98 Å². The van der Waals surface area contributed by atoms with Crippen molar-refractivity contribution in [1.82, 2.24) is 14.9 Å². The number of nitrogens with zero attached hydrogens (tertiary/aromatic N) is 2. The molecule has 1 atom stereocenters. The van der Waals surface area contributed by atoms with Crippen LogP contribution in [0.2, 0.25) is 0 Å². The predicted octanol–water partition coefficient (Wildman–Crippen LogP) is 2.50. The van der Waals surface area contributed by atoms with Gasteiger partial charge in [-0.05, 0) is 30.8 Å². The number of rotatable bonds is 7. The molecule has 1 N–H and O–H groups in total.